The summed E-state index contributed by atoms with van der Waals surface area (Å²) in [5, 5.41) is 3.39. The Kier molecular flexibility index (Phi) is 8.16. The summed E-state index contributed by atoms with van der Waals surface area (Å²) in [5.74, 6) is 0.543. The number of sulfonamides is 1. The summed E-state index contributed by atoms with van der Waals surface area (Å²) in [6.07, 6.45) is 6.18. The highest BCUT2D eigenvalue weighted by Gasteiger charge is 2.27. The minimum absolute atomic E-state index is 0.238. The number of hydrogen-bond acceptors (Lipinski definition) is 6. The van der Waals surface area contributed by atoms with Gasteiger partial charge in [0.05, 0.1) is 6.26 Å². The van der Waals surface area contributed by atoms with Gasteiger partial charge >= 0.3 is 6.09 Å². The SMILES string of the molecule is CC(C)(C)OC(=O)N1CCC(CCCC(N=O)c2ccc3c(c2)CCN(S(C)(=O)=O)C3)CC1. The predicted octanol–water partition coefficient (Wildman–Crippen LogP) is 4.63. The molecular formula is C24H37N3O5S. The molecule has 1 saturated heterocycles. The Bertz CT molecular complexity index is 949. The fourth-order valence-electron chi connectivity index (χ4n) is 4.65. The minimum atomic E-state index is -3.20. The average molecular weight is 480 g/mol. The van der Waals surface area contributed by atoms with Crippen molar-refractivity contribution in [3.8, 4) is 0 Å². The van der Waals surface area contributed by atoms with E-state index in [2.05, 4.69) is 5.18 Å². The summed E-state index contributed by atoms with van der Waals surface area (Å²) < 4.78 is 30.6. The Balaban J connectivity index is 1.47. The van der Waals surface area contributed by atoms with E-state index in [1.165, 1.54) is 10.6 Å². The number of amides is 1. The second-order valence-electron chi connectivity index (χ2n) is 10.3. The molecular weight excluding hydrogens is 442 g/mol. The Morgan fingerprint density at radius 3 is 2.48 bits per heavy atom. The second kappa shape index (κ2) is 10.5. The molecule has 0 saturated carbocycles. The lowest BCUT2D eigenvalue weighted by molar-refractivity contribution is 0.0180. The molecule has 8 nitrogen and oxygen atoms in total. The number of fused-ring (bicyclic) bond motifs is 1. The molecule has 2 aliphatic rings. The third-order valence-corrected chi connectivity index (χ3v) is 7.79. The van der Waals surface area contributed by atoms with Gasteiger partial charge in [-0.3, -0.25) is 0 Å². The lowest BCUT2D eigenvalue weighted by Gasteiger charge is -2.33. The molecule has 0 N–H and O–H groups in total. The third kappa shape index (κ3) is 7.24. The Hall–Kier alpha value is -2.00. The molecule has 9 heteroatoms. The van der Waals surface area contributed by atoms with Crippen LogP contribution in [0.2, 0.25) is 0 Å². The van der Waals surface area contributed by atoms with Crippen molar-refractivity contribution in [3.63, 3.8) is 0 Å². The zero-order valence-corrected chi connectivity index (χ0v) is 21.1. The van der Waals surface area contributed by atoms with Crippen molar-refractivity contribution in [2.75, 3.05) is 25.9 Å². The van der Waals surface area contributed by atoms with Crippen molar-refractivity contribution < 1.29 is 17.9 Å². The molecule has 1 unspecified atom stereocenters. The number of rotatable bonds is 7. The number of hydrogen-bond donors (Lipinski definition) is 0. The van der Waals surface area contributed by atoms with Crippen LogP contribution in [-0.4, -0.2) is 55.2 Å². The zero-order chi connectivity index (χ0) is 24.2. The molecule has 0 bridgehead atoms. The molecule has 1 atom stereocenters. The quantitative estimate of drug-likeness (QED) is 0.531. The molecule has 0 aliphatic carbocycles. The Morgan fingerprint density at radius 2 is 1.88 bits per heavy atom. The van der Waals surface area contributed by atoms with Gasteiger partial charge in [-0.05, 0) is 69.1 Å². The number of benzene rings is 1. The minimum Gasteiger partial charge on any atom is -0.444 e. The molecule has 1 aromatic carbocycles. The smallest absolute Gasteiger partial charge is 0.410 e. The summed E-state index contributed by atoms with van der Waals surface area (Å²) in [6, 6.07) is 5.49. The van der Waals surface area contributed by atoms with Crippen LogP contribution in [0.5, 0.6) is 0 Å². The number of nitroso groups, excluding NO2 is 1. The maximum Gasteiger partial charge on any atom is 0.410 e. The first-order valence-corrected chi connectivity index (χ1v) is 13.7. The number of ether oxygens (including phenoxy) is 1. The van der Waals surface area contributed by atoms with E-state index in [1.807, 2.05) is 39.0 Å². The largest absolute Gasteiger partial charge is 0.444 e. The Labute approximate surface area is 197 Å². The molecule has 3 rings (SSSR count). The van der Waals surface area contributed by atoms with Gasteiger partial charge in [0, 0.05) is 26.2 Å². The van der Waals surface area contributed by atoms with Gasteiger partial charge in [0.2, 0.25) is 10.0 Å². The van der Waals surface area contributed by atoms with Crippen LogP contribution in [-0.2, 0) is 27.7 Å². The van der Waals surface area contributed by atoms with Gasteiger partial charge in [-0.1, -0.05) is 36.2 Å². The van der Waals surface area contributed by atoms with Crippen molar-refractivity contribution >= 4 is 16.1 Å². The van der Waals surface area contributed by atoms with Crippen molar-refractivity contribution in [1.82, 2.24) is 9.21 Å². The maximum atomic E-state index is 12.2. The lowest BCUT2D eigenvalue weighted by Crippen LogP contribution is -2.41. The first-order valence-electron chi connectivity index (χ1n) is 11.8. The van der Waals surface area contributed by atoms with E-state index < -0.39 is 15.6 Å². The van der Waals surface area contributed by atoms with Gasteiger partial charge < -0.3 is 9.64 Å². The second-order valence-corrected chi connectivity index (χ2v) is 12.3. The van der Waals surface area contributed by atoms with Crippen LogP contribution in [0.3, 0.4) is 0 Å². The molecule has 2 aliphatic heterocycles. The van der Waals surface area contributed by atoms with Crippen molar-refractivity contribution in [1.29, 1.82) is 0 Å². The normalized spacial score (nSPS) is 19.1. The molecule has 0 spiro atoms. The number of carbonyl (C=O) groups is 1. The zero-order valence-electron chi connectivity index (χ0n) is 20.2. The molecule has 0 aromatic heterocycles. The van der Waals surface area contributed by atoms with E-state index in [0.717, 1.165) is 42.4 Å². The summed E-state index contributed by atoms with van der Waals surface area (Å²) in [4.78, 5) is 25.6. The summed E-state index contributed by atoms with van der Waals surface area (Å²) in [6.45, 7) is 7.91. The van der Waals surface area contributed by atoms with Crippen molar-refractivity contribution in [2.45, 2.75) is 77.5 Å². The highest BCUT2D eigenvalue weighted by molar-refractivity contribution is 7.88. The van der Waals surface area contributed by atoms with Crippen LogP contribution in [0.4, 0.5) is 4.79 Å². The monoisotopic (exact) mass is 479 g/mol. The number of likely N-dealkylation sites (tertiary alicyclic amines) is 1. The van der Waals surface area contributed by atoms with E-state index in [1.54, 1.807) is 4.90 Å². The average Bonchev–Trinajstić information content (AvgIpc) is 2.74. The fourth-order valence-corrected chi connectivity index (χ4v) is 5.44. The summed E-state index contributed by atoms with van der Waals surface area (Å²) in [7, 11) is -3.20. The Morgan fingerprint density at radius 1 is 1.18 bits per heavy atom. The van der Waals surface area contributed by atoms with Crippen molar-refractivity contribution in [3.05, 3.63) is 39.8 Å². The van der Waals surface area contributed by atoms with E-state index in [4.69, 9.17) is 4.74 Å². The van der Waals surface area contributed by atoms with Gasteiger partial charge in [-0.25, -0.2) is 13.2 Å². The number of piperidine rings is 1. The van der Waals surface area contributed by atoms with Gasteiger partial charge in [0.1, 0.15) is 11.6 Å². The molecule has 184 valence electrons. The maximum absolute atomic E-state index is 12.2. The highest BCUT2D eigenvalue weighted by atomic mass is 32.2. The van der Waals surface area contributed by atoms with Crippen LogP contribution >= 0.6 is 0 Å². The summed E-state index contributed by atoms with van der Waals surface area (Å²) >= 11 is 0. The van der Waals surface area contributed by atoms with Gasteiger partial charge in [0.15, 0.2) is 0 Å². The molecule has 0 radical (unpaired) electrons. The third-order valence-electron chi connectivity index (χ3n) is 6.54. The van der Waals surface area contributed by atoms with Crippen LogP contribution in [0.25, 0.3) is 0 Å². The first-order chi connectivity index (χ1) is 15.5. The van der Waals surface area contributed by atoms with Gasteiger partial charge in [-0.15, -0.1) is 0 Å². The van der Waals surface area contributed by atoms with E-state index in [9.17, 15) is 18.1 Å². The number of carbonyl (C=O) groups excluding carboxylic acids is 1. The molecule has 1 aromatic rings. The van der Waals surface area contributed by atoms with Gasteiger partial charge in [-0.2, -0.15) is 9.21 Å². The molecule has 33 heavy (non-hydrogen) atoms. The highest BCUT2D eigenvalue weighted by Crippen LogP contribution is 2.31. The van der Waals surface area contributed by atoms with Crippen molar-refractivity contribution in [2.24, 2.45) is 11.1 Å². The summed E-state index contributed by atoms with van der Waals surface area (Å²) in [5.41, 5.74) is 2.54. The standard InChI is InChI=1S/C24H37N3O5S/c1-24(2,3)32-23(28)26-13-10-18(11-14-26)6-5-7-22(25-29)20-8-9-21-17-27(33(4,30)31)15-12-19(21)16-20/h8-9,16,18,22H,5-7,10-15,17H2,1-4H3. The van der Waals surface area contributed by atoms with Crippen LogP contribution in [0, 0.1) is 10.8 Å². The van der Waals surface area contributed by atoms with Crippen LogP contribution in [0.15, 0.2) is 23.4 Å². The lowest BCUT2D eigenvalue weighted by atomic mass is 9.89. The molecule has 2 heterocycles. The van der Waals surface area contributed by atoms with Gasteiger partial charge in [0.25, 0.3) is 0 Å². The van der Waals surface area contributed by atoms with E-state index in [0.29, 0.717) is 44.9 Å². The first kappa shape index (κ1) is 25.6. The van der Waals surface area contributed by atoms with Crippen LogP contribution < -0.4 is 0 Å². The predicted molar refractivity (Wildman–Crippen MR) is 128 cm³/mol. The fraction of sp³-hybridized carbons (Fsp3) is 0.708. The van der Waals surface area contributed by atoms with E-state index in [-0.39, 0.29) is 12.1 Å². The van der Waals surface area contributed by atoms with E-state index >= 15 is 0 Å². The number of nitrogens with zero attached hydrogens (tertiary/aromatic N) is 3. The molecule has 1 fully saturated rings. The molecule has 1 amide bonds. The topological polar surface area (TPSA) is 96.3 Å². The van der Waals surface area contributed by atoms with Crippen LogP contribution in [0.1, 0.15) is 75.6 Å².